The maximum Gasteiger partial charge on any atom is 0.343 e. The number of carbonyl (C=O) groups is 3. The zero-order chi connectivity index (χ0) is 24.1. The van der Waals surface area contributed by atoms with Gasteiger partial charge in [0, 0.05) is 23.7 Å². The molecule has 11 heteroatoms. The average Bonchev–Trinajstić information content (AvgIpc) is 3.09. The highest BCUT2D eigenvalue weighted by atomic mass is 35.5. The number of rotatable bonds is 10. The summed E-state index contributed by atoms with van der Waals surface area (Å²) in [5.74, 6) is -2.25. The molecule has 0 spiro atoms. The van der Waals surface area contributed by atoms with E-state index in [1.54, 1.807) is 6.07 Å². The number of fused-ring (bicyclic) bond motifs is 1. The van der Waals surface area contributed by atoms with Gasteiger partial charge in [0.2, 0.25) is 11.7 Å². The maximum absolute atomic E-state index is 12.3. The Morgan fingerprint density at radius 3 is 2.61 bits per heavy atom. The molecule has 0 unspecified atom stereocenters. The molecule has 2 aromatic heterocycles. The van der Waals surface area contributed by atoms with E-state index in [9.17, 15) is 14.4 Å². The number of halogens is 1. The van der Waals surface area contributed by atoms with Crippen LogP contribution in [0.5, 0.6) is 5.88 Å². The summed E-state index contributed by atoms with van der Waals surface area (Å²) in [6, 6.07) is 7.39. The van der Waals surface area contributed by atoms with Crippen LogP contribution in [0, 0.1) is 0 Å². The molecule has 0 saturated carbocycles. The molecule has 3 aromatic rings. The van der Waals surface area contributed by atoms with Crippen LogP contribution in [0.2, 0.25) is 5.02 Å². The van der Waals surface area contributed by atoms with Crippen LogP contribution in [0.4, 0.5) is 0 Å². The molecule has 1 aromatic carbocycles. The molecule has 0 aliphatic rings. The first-order valence-corrected chi connectivity index (χ1v) is 11.6. The van der Waals surface area contributed by atoms with Crippen LogP contribution in [-0.2, 0) is 38.5 Å². The van der Waals surface area contributed by atoms with Crippen molar-refractivity contribution in [3.8, 4) is 5.88 Å². The molecule has 1 amide bonds. The fourth-order valence-electron chi connectivity index (χ4n) is 3.52. The number of nitrogens with zero attached hydrogens (tertiary/aromatic N) is 3. The van der Waals surface area contributed by atoms with Gasteiger partial charge in [0.25, 0.3) is 5.91 Å². The molecule has 2 N–H and O–H groups in total. The van der Waals surface area contributed by atoms with Crippen molar-refractivity contribution in [1.82, 2.24) is 14.5 Å². The summed E-state index contributed by atoms with van der Waals surface area (Å²) < 4.78 is 12.3. The van der Waals surface area contributed by atoms with Gasteiger partial charge in [-0.1, -0.05) is 42.4 Å². The number of ketones is 1. The fourth-order valence-corrected chi connectivity index (χ4v) is 4.08. The number of methoxy groups -OCH3 is 1. The number of aromatic nitrogens is 3. The molecule has 174 valence electrons. The minimum Gasteiger partial charge on any atom is -0.466 e. The summed E-state index contributed by atoms with van der Waals surface area (Å²) in [5.41, 5.74) is 7.97. The van der Waals surface area contributed by atoms with E-state index in [1.807, 2.05) is 35.9 Å². The number of thioether (sulfide) groups is 1. The Kier molecular flexibility index (Phi) is 7.93. The van der Waals surface area contributed by atoms with E-state index in [0.717, 1.165) is 11.3 Å². The third-order valence-corrected chi connectivity index (χ3v) is 5.76. The Balaban J connectivity index is 2.28. The van der Waals surface area contributed by atoms with Crippen LogP contribution >= 0.6 is 23.4 Å². The lowest BCUT2D eigenvalue weighted by atomic mass is 10.0. The Morgan fingerprint density at radius 1 is 1.24 bits per heavy atom. The van der Waals surface area contributed by atoms with Crippen molar-refractivity contribution in [2.45, 2.75) is 31.5 Å². The highest BCUT2D eigenvalue weighted by Gasteiger charge is 2.26. The van der Waals surface area contributed by atoms with E-state index in [2.05, 4.69) is 14.7 Å². The Morgan fingerprint density at radius 2 is 2.00 bits per heavy atom. The molecular formula is C22H23ClN4O5S. The van der Waals surface area contributed by atoms with Gasteiger partial charge in [-0.05, 0) is 35.9 Å². The van der Waals surface area contributed by atoms with Gasteiger partial charge in [0.15, 0.2) is 11.8 Å². The first-order valence-electron chi connectivity index (χ1n) is 10.0. The molecule has 3 rings (SSSR count). The molecule has 2 heterocycles. The van der Waals surface area contributed by atoms with Crippen LogP contribution in [-0.4, -0.2) is 52.2 Å². The van der Waals surface area contributed by atoms with Crippen molar-refractivity contribution in [2.75, 3.05) is 20.0 Å². The average molecular weight is 491 g/mol. The largest absolute Gasteiger partial charge is 0.466 e. The first-order chi connectivity index (χ1) is 15.8. The number of amides is 1. The molecule has 0 bridgehead atoms. The number of hydrogen-bond acceptors (Lipinski definition) is 8. The summed E-state index contributed by atoms with van der Waals surface area (Å²) in [4.78, 5) is 44.6. The van der Waals surface area contributed by atoms with Crippen LogP contribution in [0.15, 0.2) is 29.4 Å². The van der Waals surface area contributed by atoms with Crippen LogP contribution in [0.25, 0.3) is 11.0 Å². The standard InChI is InChI=1S/C22H23ClN4O5S/c1-4-15-14(9-16(28)19(24)30)18-20(27(15)10-12-6-5-7-13(23)8-12)25-22(33-3)26-21(18)32-11-17(29)31-2/h5-8H,4,9-11H2,1-3H3,(H2,24,30). The van der Waals surface area contributed by atoms with Gasteiger partial charge in [0.1, 0.15) is 5.65 Å². The lowest BCUT2D eigenvalue weighted by molar-refractivity contribution is -0.143. The van der Waals surface area contributed by atoms with E-state index in [-0.39, 0.29) is 18.9 Å². The lowest BCUT2D eigenvalue weighted by Crippen LogP contribution is -2.25. The van der Waals surface area contributed by atoms with Crippen molar-refractivity contribution in [2.24, 2.45) is 5.73 Å². The van der Waals surface area contributed by atoms with Gasteiger partial charge in [-0.25, -0.2) is 9.78 Å². The van der Waals surface area contributed by atoms with E-state index in [0.29, 0.717) is 39.7 Å². The van der Waals surface area contributed by atoms with Crippen LogP contribution in [0.1, 0.15) is 23.7 Å². The number of esters is 1. The Bertz CT molecular complexity index is 1230. The lowest BCUT2D eigenvalue weighted by Gasteiger charge is -2.11. The first kappa shape index (κ1) is 24.5. The van der Waals surface area contributed by atoms with Crippen molar-refractivity contribution < 1.29 is 23.9 Å². The summed E-state index contributed by atoms with van der Waals surface area (Å²) >= 11 is 7.47. The van der Waals surface area contributed by atoms with Crippen molar-refractivity contribution in [3.05, 3.63) is 46.1 Å². The Hall–Kier alpha value is -3.11. The molecule has 0 atom stereocenters. The topological polar surface area (TPSA) is 126 Å². The number of Topliss-reactive ketones (excluding diaryl/α,β-unsaturated/α-hetero) is 1. The molecule has 0 aliphatic carbocycles. The zero-order valence-corrected chi connectivity index (χ0v) is 20.0. The van der Waals surface area contributed by atoms with Gasteiger partial charge in [-0.3, -0.25) is 9.59 Å². The molecule has 0 radical (unpaired) electrons. The van der Waals surface area contributed by atoms with E-state index in [4.69, 9.17) is 22.1 Å². The number of benzene rings is 1. The highest BCUT2D eigenvalue weighted by Crippen LogP contribution is 2.35. The van der Waals surface area contributed by atoms with Gasteiger partial charge < -0.3 is 19.8 Å². The number of hydrogen-bond donors (Lipinski definition) is 1. The fraction of sp³-hybridized carbons (Fsp3) is 0.318. The predicted octanol–water partition coefficient (Wildman–Crippen LogP) is 2.57. The minimum absolute atomic E-state index is 0.126. The van der Waals surface area contributed by atoms with Crippen LogP contribution in [0.3, 0.4) is 0 Å². The normalized spacial score (nSPS) is 10.9. The summed E-state index contributed by atoms with van der Waals surface area (Å²) in [7, 11) is 1.25. The number of primary amides is 1. The van der Waals surface area contributed by atoms with Crippen molar-refractivity contribution in [3.63, 3.8) is 0 Å². The SMILES string of the molecule is CCc1c(CC(=O)C(N)=O)c2c(OCC(=O)OC)nc(SC)nc2n1Cc1cccc(Cl)c1. The third-order valence-electron chi connectivity index (χ3n) is 4.98. The number of nitrogens with two attached hydrogens (primary N) is 1. The van der Waals surface area contributed by atoms with Crippen molar-refractivity contribution in [1.29, 1.82) is 0 Å². The molecular weight excluding hydrogens is 468 g/mol. The molecule has 9 nitrogen and oxygen atoms in total. The van der Waals surface area contributed by atoms with E-state index >= 15 is 0 Å². The zero-order valence-electron chi connectivity index (χ0n) is 18.4. The number of carbonyl (C=O) groups excluding carboxylic acids is 3. The van der Waals surface area contributed by atoms with Crippen molar-refractivity contribution >= 4 is 52.1 Å². The van der Waals surface area contributed by atoms with Gasteiger partial charge >= 0.3 is 5.97 Å². The maximum atomic E-state index is 12.3. The summed E-state index contributed by atoms with van der Waals surface area (Å²) in [5, 5.41) is 1.46. The Labute approximate surface area is 199 Å². The second-order valence-corrected chi connectivity index (χ2v) is 8.25. The smallest absolute Gasteiger partial charge is 0.343 e. The molecule has 0 fully saturated rings. The monoisotopic (exact) mass is 490 g/mol. The summed E-state index contributed by atoms with van der Waals surface area (Å²) in [6.45, 7) is 1.96. The number of ether oxygens (including phenoxy) is 2. The van der Waals surface area contributed by atoms with Crippen LogP contribution < -0.4 is 10.5 Å². The molecule has 0 aliphatic heterocycles. The summed E-state index contributed by atoms with van der Waals surface area (Å²) in [6.07, 6.45) is 2.10. The second kappa shape index (κ2) is 10.7. The minimum atomic E-state index is -1.04. The molecule has 0 saturated heterocycles. The van der Waals surface area contributed by atoms with E-state index in [1.165, 1.54) is 18.9 Å². The van der Waals surface area contributed by atoms with Gasteiger partial charge in [0.05, 0.1) is 12.5 Å². The third kappa shape index (κ3) is 5.45. The molecule has 33 heavy (non-hydrogen) atoms. The van der Waals surface area contributed by atoms with Gasteiger partial charge in [-0.2, -0.15) is 4.98 Å². The van der Waals surface area contributed by atoms with E-state index < -0.39 is 17.7 Å². The quantitative estimate of drug-likeness (QED) is 0.199. The highest BCUT2D eigenvalue weighted by molar-refractivity contribution is 7.98. The second-order valence-electron chi connectivity index (χ2n) is 7.04. The predicted molar refractivity (Wildman–Crippen MR) is 125 cm³/mol. The van der Waals surface area contributed by atoms with Gasteiger partial charge in [-0.15, -0.1) is 0 Å².